The zero-order chi connectivity index (χ0) is 18.0. The summed E-state index contributed by atoms with van der Waals surface area (Å²) in [7, 11) is 0. The van der Waals surface area contributed by atoms with Gasteiger partial charge in [0.05, 0.1) is 17.2 Å². The normalized spacial score (nSPS) is 22.2. The molecule has 0 radical (unpaired) electrons. The molecule has 138 valence electrons. The van der Waals surface area contributed by atoms with Crippen LogP contribution < -0.4 is 10.2 Å². The van der Waals surface area contributed by atoms with Crippen molar-refractivity contribution in [2.24, 2.45) is 0 Å². The summed E-state index contributed by atoms with van der Waals surface area (Å²) >= 11 is 5.98. The highest BCUT2D eigenvalue weighted by atomic mass is 35.5. The van der Waals surface area contributed by atoms with E-state index in [4.69, 9.17) is 16.3 Å². The van der Waals surface area contributed by atoms with E-state index in [1.807, 2.05) is 0 Å². The highest BCUT2D eigenvalue weighted by Crippen LogP contribution is 2.33. The first-order chi connectivity index (χ1) is 11.9. The van der Waals surface area contributed by atoms with Crippen LogP contribution in [0.15, 0.2) is 12.3 Å². The number of hydrogen-bond acceptors (Lipinski definition) is 5. The molecule has 0 aliphatic carbocycles. The number of morpholine rings is 1. The molecule has 1 unspecified atom stereocenters. The molecule has 0 bridgehead atoms. The summed E-state index contributed by atoms with van der Waals surface area (Å²) in [5.41, 5.74) is -0.878. The van der Waals surface area contributed by atoms with E-state index in [9.17, 15) is 18.0 Å². The number of nitrogens with zero attached hydrogens (tertiary/aromatic N) is 3. The molecule has 3 heterocycles. The largest absolute Gasteiger partial charge is 0.417 e. The first kappa shape index (κ1) is 18.2. The molecule has 0 saturated carbocycles. The summed E-state index contributed by atoms with van der Waals surface area (Å²) in [5.74, 6) is 0.232. The van der Waals surface area contributed by atoms with Crippen LogP contribution in [0.25, 0.3) is 0 Å². The van der Waals surface area contributed by atoms with Gasteiger partial charge in [0, 0.05) is 45.5 Å². The van der Waals surface area contributed by atoms with Gasteiger partial charge in [-0.15, -0.1) is 0 Å². The number of ether oxygens (including phenoxy) is 1. The summed E-state index contributed by atoms with van der Waals surface area (Å²) in [5, 5.41) is 3.07. The van der Waals surface area contributed by atoms with E-state index in [0.29, 0.717) is 45.1 Å². The van der Waals surface area contributed by atoms with E-state index in [2.05, 4.69) is 10.3 Å². The van der Waals surface area contributed by atoms with E-state index in [-0.39, 0.29) is 10.9 Å². The number of rotatable bonds is 2. The Morgan fingerprint density at radius 2 is 2.04 bits per heavy atom. The van der Waals surface area contributed by atoms with Crippen molar-refractivity contribution in [3.8, 4) is 0 Å². The predicted molar refractivity (Wildman–Crippen MR) is 85.7 cm³/mol. The van der Waals surface area contributed by atoms with Crippen LogP contribution in [0.1, 0.15) is 5.56 Å². The number of anilines is 1. The Labute approximate surface area is 147 Å². The lowest BCUT2D eigenvalue weighted by Crippen LogP contribution is -2.55. The van der Waals surface area contributed by atoms with E-state index >= 15 is 0 Å². The van der Waals surface area contributed by atoms with Crippen LogP contribution in [0.5, 0.6) is 0 Å². The first-order valence-corrected chi connectivity index (χ1v) is 8.33. The third-order valence-electron chi connectivity index (χ3n) is 4.24. The molecule has 0 spiro atoms. The molecule has 10 heteroatoms. The number of halogens is 4. The van der Waals surface area contributed by atoms with Crippen molar-refractivity contribution in [1.29, 1.82) is 0 Å². The SMILES string of the molecule is O=C(C1CNCCO1)N1CCN(c2ncc(C(F)(F)F)cc2Cl)CC1. The minimum absolute atomic E-state index is 0.0468. The first-order valence-electron chi connectivity index (χ1n) is 7.95. The lowest BCUT2D eigenvalue weighted by molar-refractivity contribution is -0.145. The topological polar surface area (TPSA) is 57.7 Å². The average Bonchev–Trinajstić information content (AvgIpc) is 2.61. The van der Waals surface area contributed by atoms with Crippen molar-refractivity contribution in [2.45, 2.75) is 12.3 Å². The minimum Gasteiger partial charge on any atom is -0.366 e. The Hall–Kier alpha value is -1.58. The summed E-state index contributed by atoms with van der Waals surface area (Å²) < 4.78 is 43.5. The fraction of sp³-hybridized carbons (Fsp3) is 0.600. The molecule has 1 atom stereocenters. The number of piperazine rings is 1. The second-order valence-corrected chi connectivity index (χ2v) is 6.31. The van der Waals surface area contributed by atoms with Gasteiger partial charge in [-0.3, -0.25) is 4.79 Å². The second kappa shape index (κ2) is 7.35. The molecule has 2 fully saturated rings. The molecule has 0 aromatic carbocycles. The molecule has 1 aromatic heterocycles. The van der Waals surface area contributed by atoms with Crippen LogP contribution in [-0.2, 0) is 15.7 Å². The molecule has 2 aliphatic heterocycles. The van der Waals surface area contributed by atoms with Gasteiger partial charge in [-0.05, 0) is 6.07 Å². The zero-order valence-electron chi connectivity index (χ0n) is 13.4. The fourth-order valence-electron chi connectivity index (χ4n) is 2.88. The second-order valence-electron chi connectivity index (χ2n) is 5.90. The van der Waals surface area contributed by atoms with Crippen molar-refractivity contribution in [2.75, 3.05) is 50.8 Å². The van der Waals surface area contributed by atoms with Crippen molar-refractivity contribution in [1.82, 2.24) is 15.2 Å². The van der Waals surface area contributed by atoms with Gasteiger partial charge in [0.2, 0.25) is 0 Å². The number of nitrogens with one attached hydrogen (secondary N) is 1. The van der Waals surface area contributed by atoms with Crippen molar-refractivity contribution in [3.05, 3.63) is 22.8 Å². The third kappa shape index (κ3) is 4.16. The quantitative estimate of drug-likeness (QED) is 0.843. The molecule has 2 saturated heterocycles. The zero-order valence-corrected chi connectivity index (χ0v) is 14.1. The van der Waals surface area contributed by atoms with Crippen LogP contribution in [0.4, 0.5) is 19.0 Å². The van der Waals surface area contributed by atoms with Gasteiger partial charge in [-0.25, -0.2) is 4.98 Å². The van der Waals surface area contributed by atoms with E-state index in [1.165, 1.54) is 0 Å². The number of carbonyl (C=O) groups excluding carboxylic acids is 1. The van der Waals surface area contributed by atoms with Crippen LogP contribution in [-0.4, -0.2) is 67.8 Å². The third-order valence-corrected chi connectivity index (χ3v) is 4.52. The van der Waals surface area contributed by atoms with Crippen LogP contribution >= 0.6 is 11.6 Å². The molecule has 6 nitrogen and oxygen atoms in total. The number of hydrogen-bond donors (Lipinski definition) is 1. The molecule has 2 aliphatic rings. The van der Waals surface area contributed by atoms with Crippen LogP contribution in [0, 0.1) is 0 Å². The summed E-state index contributed by atoms with van der Waals surface area (Å²) in [4.78, 5) is 19.7. The highest BCUT2D eigenvalue weighted by Gasteiger charge is 2.33. The average molecular weight is 379 g/mol. The monoisotopic (exact) mass is 378 g/mol. The Morgan fingerprint density at radius 3 is 2.60 bits per heavy atom. The van der Waals surface area contributed by atoms with Crippen LogP contribution in [0.3, 0.4) is 0 Å². The number of pyridine rings is 1. The van der Waals surface area contributed by atoms with Gasteiger partial charge in [0.15, 0.2) is 0 Å². The number of carbonyl (C=O) groups is 1. The van der Waals surface area contributed by atoms with E-state index in [0.717, 1.165) is 18.8 Å². The Bertz CT molecular complexity index is 630. The van der Waals surface area contributed by atoms with Crippen molar-refractivity contribution in [3.63, 3.8) is 0 Å². The van der Waals surface area contributed by atoms with Gasteiger partial charge in [0.25, 0.3) is 5.91 Å². The number of amides is 1. The molecule has 1 N–H and O–H groups in total. The molecule has 1 amide bonds. The predicted octanol–water partition coefficient (Wildman–Crippen LogP) is 1.39. The maximum atomic E-state index is 12.7. The van der Waals surface area contributed by atoms with Gasteiger partial charge < -0.3 is 19.9 Å². The molecule has 25 heavy (non-hydrogen) atoms. The van der Waals surface area contributed by atoms with Crippen LogP contribution in [0.2, 0.25) is 5.02 Å². The lowest BCUT2D eigenvalue weighted by Gasteiger charge is -2.37. The number of aromatic nitrogens is 1. The van der Waals surface area contributed by atoms with E-state index in [1.54, 1.807) is 9.80 Å². The Morgan fingerprint density at radius 1 is 1.32 bits per heavy atom. The Balaban J connectivity index is 1.61. The van der Waals surface area contributed by atoms with E-state index < -0.39 is 17.8 Å². The maximum Gasteiger partial charge on any atom is 0.417 e. The standard InChI is InChI=1S/C15H18ClF3N4O2/c16-11-7-10(15(17,18)19)8-21-13(11)22-2-4-23(5-3-22)14(24)12-9-20-1-6-25-12/h7-8,12,20H,1-6,9H2. The summed E-state index contributed by atoms with van der Waals surface area (Å²) in [6.45, 7) is 3.51. The molecular formula is C15H18ClF3N4O2. The minimum atomic E-state index is -4.48. The molecule has 3 rings (SSSR count). The van der Waals surface area contributed by atoms with Crippen molar-refractivity contribution < 1.29 is 22.7 Å². The van der Waals surface area contributed by atoms with Gasteiger partial charge in [0.1, 0.15) is 11.9 Å². The molecular weight excluding hydrogens is 361 g/mol. The number of alkyl halides is 3. The smallest absolute Gasteiger partial charge is 0.366 e. The van der Waals surface area contributed by atoms with Crippen molar-refractivity contribution >= 4 is 23.3 Å². The maximum absolute atomic E-state index is 12.7. The van der Waals surface area contributed by atoms with Gasteiger partial charge in [-0.1, -0.05) is 11.6 Å². The Kier molecular flexibility index (Phi) is 5.35. The highest BCUT2D eigenvalue weighted by molar-refractivity contribution is 6.33. The summed E-state index contributed by atoms with van der Waals surface area (Å²) in [6.07, 6.45) is -4.18. The van der Waals surface area contributed by atoms with Gasteiger partial charge >= 0.3 is 6.18 Å². The summed E-state index contributed by atoms with van der Waals surface area (Å²) in [6, 6.07) is 0.878. The van der Waals surface area contributed by atoms with Gasteiger partial charge in [-0.2, -0.15) is 13.2 Å². The molecule has 1 aromatic rings. The fourth-order valence-corrected chi connectivity index (χ4v) is 3.17. The lowest BCUT2D eigenvalue weighted by atomic mass is 10.2.